The lowest BCUT2D eigenvalue weighted by Gasteiger charge is -2.09. The number of para-hydroxylation sites is 1. The minimum absolute atomic E-state index is 0.261. The van der Waals surface area contributed by atoms with Crippen molar-refractivity contribution in [3.63, 3.8) is 0 Å². The van der Waals surface area contributed by atoms with Crippen LogP contribution in [0.3, 0.4) is 0 Å². The quantitative estimate of drug-likeness (QED) is 0.694. The number of hydrogen-bond acceptors (Lipinski definition) is 4. The summed E-state index contributed by atoms with van der Waals surface area (Å²) in [5.74, 6) is 0.289. The van der Waals surface area contributed by atoms with Crippen LogP contribution in [0, 0.1) is 6.92 Å². The lowest BCUT2D eigenvalue weighted by molar-refractivity contribution is 0.102. The molecule has 1 heterocycles. The van der Waals surface area contributed by atoms with Crippen LogP contribution in [0.2, 0.25) is 0 Å². The number of aromatic nitrogens is 2. The van der Waals surface area contributed by atoms with Gasteiger partial charge < -0.3 is 10.6 Å². The van der Waals surface area contributed by atoms with Gasteiger partial charge in [0.05, 0.1) is 12.4 Å². The molecule has 0 aliphatic heterocycles. The molecule has 1 aromatic heterocycles. The Morgan fingerprint density at radius 1 is 1.04 bits per heavy atom. The van der Waals surface area contributed by atoms with Gasteiger partial charge in [0.1, 0.15) is 11.5 Å². The van der Waals surface area contributed by atoms with Crippen LogP contribution in [0.1, 0.15) is 16.1 Å². The van der Waals surface area contributed by atoms with E-state index < -0.39 is 0 Å². The van der Waals surface area contributed by atoms with Crippen LogP contribution in [0.15, 0.2) is 65.4 Å². The SMILES string of the molecule is Cc1cc(Br)ccc1Nc1cnc(C(=O)Nc2ccccc2)cn1. The van der Waals surface area contributed by atoms with Gasteiger partial charge in [-0.05, 0) is 42.8 Å². The van der Waals surface area contributed by atoms with Gasteiger partial charge in [0, 0.05) is 15.8 Å². The van der Waals surface area contributed by atoms with Gasteiger partial charge in [-0.3, -0.25) is 4.79 Å². The number of carbonyl (C=O) groups is 1. The minimum atomic E-state index is -0.292. The predicted octanol–water partition coefficient (Wildman–Crippen LogP) is 4.54. The molecule has 0 saturated carbocycles. The van der Waals surface area contributed by atoms with Crippen molar-refractivity contribution in [3.05, 3.63) is 76.7 Å². The van der Waals surface area contributed by atoms with Crippen molar-refractivity contribution in [2.24, 2.45) is 0 Å². The highest BCUT2D eigenvalue weighted by molar-refractivity contribution is 9.10. The van der Waals surface area contributed by atoms with Crippen LogP contribution in [0.25, 0.3) is 0 Å². The van der Waals surface area contributed by atoms with Crippen molar-refractivity contribution in [1.29, 1.82) is 0 Å². The Kier molecular flexibility index (Phi) is 4.86. The highest BCUT2D eigenvalue weighted by Gasteiger charge is 2.09. The van der Waals surface area contributed by atoms with Crippen LogP contribution in [0.5, 0.6) is 0 Å². The van der Waals surface area contributed by atoms with Crippen LogP contribution in [-0.4, -0.2) is 15.9 Å². The van der Waals surface area contributed by atoms with E-state index in [1.54, 1.807) is 6.20 Å². The maximum atomic E-state index is 12.1. The zero-order chi connectivity index (χ0) is 16.9. The van der Waals surface area contributed by atoms with Gasteiger partial charge >= 0.3 is 0 Å². The number of benzene rings is 2. The van der Waals surface area contributed by atoms with Crippen molar-refractivity contribution >= 4 is 39.0 Å². The number of hydrogen-bond donors (Lipinski definition) is 2. The fraction of sp³-hybridized carbons (Fsp3) is 0.0556. The molecule has 2 N–H and O–H groups in total. The molecular formula is C18H15BrN4O. The van der Waals surface area contributed by atoms with Gasteiger partial charge in [-0.2, -0.15) is 0 Å². The third-order valence-electron chi connectivity index (χ3n) is 3.37. The Balaban J connectivity index is 1.70. The second-order valence-corrected chi connectivity index (χ2v) is 6.11. The molecule has 120 valence electrons. The number of nitrogens with zero attached hydrogens (tertiary/aromatic N) is 2. The van der Waals surface area contributed by atoms with Gasteiger partial charge in [-0.25, -0.2) is 9.97 Å². The highest BCUT2D eigenvalue weighted by Crippen LogP contribution is 2.22. The summed E-state index contributed by atoms with van der Waals surface area (Å²) < 4.78 is 1.02. The standard InChI is InChI=1S/C18H15BrN4O/c1-12-9-13(19)7-8-15(12)23-17-11-20-16(10-21-17)18(24)22-14-5-3-2-4-6-14/h2-11H,1H3,(H,21,23)(H,22,24). The topological polar surface area (TPSA) is 66.9 Å². The molecule has 5 nitrogen and oxygen atoms in total. The second-order valence-electron chi connectivity index (χ2n) is 5.19. The molecule has 1 amide bonds. The van der Waals surface area contributed by atoms with Gasteiger partial charge in [-0.1, -0.05) is 34.1 Å². The molecule has 2 aromatic carbocycles. The molecule has 0 saturated heterocycles. The lowest BCUT2D eigenvalue weighted by Crippen LogP contribution is -2.14. The van der Waals surface area contributed by atoms with E-state index in [1.165, 1.54) is 6.20 Å². The van der Waals surface area contributed by atoms with Crippen LogP contribution in [-0.2, 0) is 0 Å². The van der Waals surface area contributed by atoms with E-state index in [2.05, 4.69) is 36.5 Å². The number of carbonyl (C=O) groups excluding carboxylic acids is 1. The largest absolute Gasteiger partial charge is 0.339 e. The van der Waals surface area contributed by atoms with Crippen LogP contribution in [0.4, 0.5) is 17.2 Å². The molecule has 0 radical (unpaired) electrons. The molecule has 3 rings (SSSR count). The second kappa shape index (κ2) is 7.23. The lowest BCUT2D eigenvalue weighted by atomic mass is 10.2. The van der Waals surface area contributed by atoms with Gasteiger partial charge in [0.25, 0.3) is 5.91 Å². The predicted molar refractivity (Wildman–Crippen MR) is 98.6 cm³/mol. The molecule has 0 bridgehead atoms. The van der Waals surface area contributed by atoms with Crippen molar-refractivity contribution < 1.29 is 4.79 Å². The van der Waals surface area contributed by atoms with Gasteiger partial charge in [0.2, 0.25) is 0 Å². The number of nitrogens with one attached hydrogen (secondary N) is 2. The molecule has 3 aromatic rings. The molecule has 0 spiro atoms. The van der Waals surface area contributed by atoms with E-state index in [1.807, 2.05) is 55.5 Å². The summed E-state index contributed by atoms with van der Waals surface area (Å²) in [6.07, 6.45) is 3.00. The highest BCUT2D eigenvalue weighted by atomic mass is 79.9. The molecule has 0 atom stereocenters. The number of anilines is 3. The van der Waals surface area contributed by atoms with E-state index in [0.29, 0.717) is 5.82 Å². The Bertz CT molecular complexity index is 851. The summed E-state index contributed by atoms with van der Waals surface area (Å²) in [6.45, 7) is 2.00. The fourth-order valence-electron chi connectivity index (χ4n) is 2.13. The number of amides is 1. The Labute approximate surface area is 148 Å². The normalized spacial score (nSPS) is 10.2. The zero-order valence-electron chi connectivity index (χ0n) is 13.0. The van der Waals surface area contributed by atoms with Crippen molar-refractivity contribution in [3.8, 4) is 0 Å². The van der Waals surface area contributed by atoms with Crippen molar-refractivity contribution in [2.45, 2.75) is 6.92 Å². The number of halogens is 1. The Morgan fingerprint density at radius 2 is 1.83 bits per heavy atom. The molecule has 0 unspecified atom stereocenters. The van der Waals surface area contributed by atoms with Crippen molar-refractivity contribution in [2.75, 3.05) is 10.6 Å². The van der Waals surface area contributed by atoms with Crippen LogP contribution < -0.4 is 10.6 Å². The average molecular weight is 383 g/mol. The molecule has 0 aliphatic rings. The first kappa shape index (κ1) is 16.1. The van der Waals surface area contributed by atoms with E-state index >= 15 is 0 Å². The zero-order valence-corrected chi connectivity index (χ0v) is 14.5. The molecule has 0 fully saturated rings. The fourth-order valence-corrected chi connectivity index (χ4v) is 2.61. The number of rotatable bonds is 4. The van der Waals surface area contributed by atoms with E-state index in [9.17, 15) is 4.79 Å². The first-order chi connectivity index (χ1) is 11.6. The third-order valence-corrected chi connectivity index (χ3v) is 3.86. The summed E-state index contributed by atoms with van der Waals surface area (Å²) in [4.78, 5) is 20.6. The summed E-state index contributed by atoms with van der Waals surface area (Å²) in [5.41, 5.74) is 3.00. The van der Waals surface area contributed by atoms with E-state index in [0.717, 1.165) is 21.4 Å². The summed E-state index contributed by atoms with van der Waals surface area (Å²) >= 11 is 3.43. The minimum Gasteiger partial charge on any atom is -0.339 e. The molecule has 0 aliphatic carbocycles. The van der Waals surface area contributed by atoms with Crippen molar-refractivity contribution in [1.82, 2.24) is 9.97 Å². The summed E-state index contributed by atoms with van der Waals surface area (Å²) in [7, 11) is 0. The maximum absolute atomic E-state index is 12.1. The van der Waals surface area contributed by atoms with E-state index in [4.69, 9.17) is 0 Å². The third kappa shape index (κ3) is 3.97. The average Bonchev–Trinajstić information content (AvgIpc) is 2.59. The molecule has 24 heavy (non-hydrogen) atoms. The number of aryl methyl sites for hydroxylation is 1. The smallest absolute Gasteiger partial charge is 0.275 e. The van der Waals surface area contributed by atoms with E-state index in [-0.39, 0.29) is 11.6 Å². The first-order valence-corrected chi connectivity index (χ1v) is 8.13. The van der Waals surface area contributed by atoms with Crippen LogP contribution >= 0.6 is 15.9 Å². The van der Waals surface area contributed by atoms with Gasteiger partial charge in [-0.15, -0.1) is 0 Å². The maximum Gasteiger partial charge on any atom is 0.275 e. The Hall–Kier alpha value is -2.73. The first-order valence-electron chi connectivity index (χ1n) is 7.33. The Morgan fingerprint density at radius 3 is 2.50 bits per heavy atom. The molecular weight excluding hydrogens is 368 g/mol. The monoisotopic (exact) mass is 382 g/mol. The molecule has 6 heteroatoms. The summed E-state index contributed by atoms with van der Waals surface area (Å²) in [5, 5.41) is 5.96. The van der Waals surface area contributed by atoms with Gasteiger partial charge in [0.15, 0.2) is 0 Å². The summed E-state index contributed by atoms with van der Waals surface area (Å²) in [6, 6.07) is 15.2.